The van der Waals surface area contributed by atoms with Crippen LogP contribution < -0.4 is 15.0 Å². The Morgan fingerprint density at radius 3 is 2.90 bits per heavy atom. The SMILES string of the molecule is CN1C(=O)[C@@H](NC(=O)c2nnc(Cc3ccccc3)[nH]2)COc2cc3occc3cc21. The van der Waals surface area contributed by atoms with Crippen LogP contribution >= 0.6 is 0 Å². The van der Waals surface area contributed by atoms with E-state index in [1.54, 1.807) is 19.4 Å². The van der Waals surface area contributed by atoms with Gasteiger partial charge in [0.25, 0.3) is 11.8 Å². The van der Waals surface area contributed by atoms with Gasteiger partial charge in [0.05, 0.1) is 12.0 Å². The smallest absolute Gasteiger partial charge is 0.289 e. The van der Waals surface area contributed by atoms with Crippen LogP contribution in [0.3, 0.4) is 0 Å². The zero-order valence-corrected chi connectivity index (χ0v) is 16.7. The van der Waals surface area contributed by atoms with Crippen molar-refractivity contribution >= 4 is 28.5 Å². The minimum atomic E-state index is -0.876. The number of amides is 2. The number of fused-ring (bicyclic) bond motifs is 2. The molecule has 0 saturated heterocycles. The zero-order valence-electron chi connectivity index (χ0n) is 16.7. The molecule has 0 fully saturated rings. The highest BCUT2D eigenvalue weighted by Crippen LogP contribution is 2.35. The van der Waals surface area contributed by atoms with Crippen molar-refractivity contribution in [2.75, 3.05) is 18.6 Å². The summed E-state index contributed by atoms with van der Waals surface area (Å²) in [6, 6.07) is 14.2. The molecule has 4 aromatic rings. The fraction of sp³-hybridized carbons (Fsp3) is 0.182. The minimum Gasteiger partial charge on any atom is -0.489 e. The lowest BCUT2D eigenvalue weighted by atomic mass is 10.1. The van der Waals surface area contributed by atoms with Gasteiger partial charge in [0.1, 0.15) is 29.8 Å². The second-order valence-corrected chi connectivity index (χ2v) is 7.30. The van der Waals surface area contributed by atoms with Crippen molar-refractivity contribution in [1.82, 2.24) is 20.5 Å². The lowest BCUT2D eigenvalue weighted by molar-refractivity contribution is -0.120. The molecule has 2 aromatic carbocycles. The molecule has 5 rings (SSSR count). The lowest BCUT2D eigenvalue weighted by Gasteiger charge is -2.20. The highest BCUT2D eigenvalue weighted by atomic mass is 16.5. The number of carbonyl (C=O) groups excluding carboxylic acids is 2. The molecule has 0 unspecified atom stereocenters. The molecule has 9 nitrogen and oxygen atoms in total. The summed E-state index contributed by atoms with van der Waals surface area (Å²) < 4.78 is 11.2. The molecule has 0 bridgehead atoms. The summed E-state index contributed by atoms with van der Waals surface area (Å²) in [6.45, 7) is -0.0147. The minimum absolute atomic E-state index is 0.0147. The molecule has 1 atom stereocenters. The summed E-state index contributed by atoms with van der Waals surface area (Å²) >= 11 is 0. The Morgan fingerprint density at radius 1 is 1.23 bits per heavy atom. The molecule has 3 heterocycles. The maximum Gasteiger partial charge on any atom is 0.289 e. The molecular weight excluding hydrogens is 398 g/mol. The number of nitrogens with one attached hydrogen (secondary N) is 2. The first-order valence-electron chi connectivity index (χ1n) is 9.76. The van der Waals surface area contributed by atoms with E-state index in [0.717, 1.165) is 10.9 Å². The highest BCUT2D eigenvalue weighted by molar-refractivity contribution is 6.03. The second-order valence-electron chi connectivity index (χ2n) is 7.30. The van der Waals surface area contributed by atoms with Crippen molar-refractivity contribution in [3.63, 3.8) is 0 Å². The molecule has 9 heteroatoms. The van der Waals surface area contributed by atoms with Crippen molar-refractivity contribution in [1.29, 1.82) is 0 Å². The van der Waals surface area contributed by atoms with Gasteiger partial charge in [-0.15, -0.1) is 10.2 Å². The summed E-state index contributed by atoms with van der Waals surface area (Å²) in [6.07, 6.45) is 2.10. The van der Waals surface area contributed by atoms with E-state index < -0.39 is 11.9 Å². The first-order valence-corrected chi connectivity index (χ1v) is 9.76. The number of hydrogen-bond donors (Lipinski definition) is 2. The van der Waals surface area contributed by atoms with Crippen LogP contribution in [-0.2, 0) is 11.2 Å². The number of furan rings is 1. The molecule has 0 radical (unpaired) electrons. The van der Waals surface area contributed by atoms with Crippen molar-refractivity contribution in [2.24, 2.45) is 0 Å². The van der Waals surface area contributed by atoms with Crippen molar-refractivity contribution in [3.8, 4) is 5.75 Å². The summed E-state index contributed by atoms with van der Waals surface area (Å²) in [5.74, 6) is 0.299. The fourth-order valence-electron chi connectivity index (χ4n) is 3.55. The number of H-pyrrole nitrogens is 1. The number of anilines is 1. The first kappa shape index (κ1) is 18.9. The Morgan fingerprint density at radius 2 is 2.06 bits per heavy atom. The predicted octanol–water partition coefficient (Wildman–Crippen LogP) is 2.30. The molecule has 0 spiro atoms. The van der Waals surface area contributed by atoms with E-state index in [1.165, 1.54) is 4.90 Å². The molecule has 31 heavy (non-hydrogen) atoms. The van der Waals surface area contributed by atoms with Gasteiger partial charge in [0.15, 0.2) is 0 Å². The molecule has 2 aromatic heterocycles. The number of hydrogen-bond acceptors (Lipinski definition) is 6. The van der Waals surface area contributed by atoms with Gasteiger partial charge in [-0.05, 0) is 17.7 Å². The summed E-state index contributed by atoms with van der Waals surface area (Å²) in [7, 11) is 1.65. The Kier molecular flexibility index (Phi) is 4.62. The van der Waals surface area contributed by atoms with Gasteiger partial charge in [0.2, 0.25) is 5.82 Å². The number of aromatic nitrogens is 3. The van der Waals surface area contributed by atoms with E-state index in [0.29, 0.717) is 29.3 Å². The van der Waals surface area contributed by atoms with Crippen LogP contribution in [0.2, 0.25) is 0 Å². The maximum absolute atomic E-state index is 13.0. The van der Waals surface area contributed by atoms with Crippen LogP contribution in [0.1, 0.15) is 22.0 Å². The standard InChI is InChI=1S/C22H19N5O4/c1-27-16-10-14-7-8-30-17(14)11-18(16)31-12-15(22(27)29)23-21(28)20-24-19(25-26-20)9-13-5-3-2-4-6-13/h2-8,10-11,15H,9,12H2,1H3,(H,23,28)(H,24,25,26)/t15-/m0/s1. The normalized spacial score (nSPS) is 16.0. The number of aromatic amines is 1. The average Bonchev–Trinajstić information content (AvgIpc) is 3.42. The highest BCUT2D eigenvalue weighted by Gasteiger charge is 2.32. The quantitative estimate of drug-likeness (QED) is 0.527. The van der Waals surface area contributed by atoms with Gasteiger partial charge in [-0.3, -0.25) is 9.59 Å². The third-order valence-corrected chi connectivity index (χ3v) is 5.20. The van der Waals surface area contributed by atoms with Gasteiger partial charge in [-0.1, -0.05) is 30.3 Å². The molecule has 2 amide bonds. The van der Waals surface area contributed by atoms with E-state index in [2.05, 4.69) is 20.5 Å². The summed E-state index contributed by atoms with van der Waals surface area (Å²) in [5, 5.41) is 11.5. The number of rotatable bonds is 4. The number of likely N-dealkylation sites (N-methyl/N-ethyl adjacent to an activating group) is 1. The van der Waals surface area contributed by atoms with Gasteiger partial charge >= 0.3 is 0 Å². The lowest BCUT2D eigenvalue weighted by Crippen LogP contribution is -2.49. The van der Waals surface area contributed by atoms with Crippen LogP contribution in [0.25, 0.3) is 11.0 Å². The van der Waals surface area contributed by atoms with Gasteiger partial charge in [-0.25, -0.2) is 0 Å². The third-order valence-electron chi connectivity index (χ3n) is 5.20. The average molecular weight is 417 g/mol. The van der Waals surface area contributed by atoms with Crippen molar-refractivity contribution in [3.05, 3.63) is 72.0 Å². The van der Waals surface area contributed by atoms with Crippen LogP contribution in [0.4, 0.5) is 5.69 Å². The van der Waals surface area contributed by atoms with Crippen LogP contribution in [-0.4, -0.2) is 46.7 Å². The Labute approximate surface area is 177 Å². The fourth-order valence-corrected chi connectivity index (χ4v) is 3.55. The second kappa shape index (κ2) is 7.60. The van der Waals surface area contributed by atoms with Crippen molar-refractivity contribution < 1.29 is 18.7 Å². The van der Waals surface area contributed by atoms with Crippen LogP contribution in [0, 0.1) is 0 Å². The molecular formula is C22H19N5O4. The largest absolute Gasteiger partial charge is 0.489 e. The number of benzene rings is 2. The Hall–Kier alpha value is -4.14. The van der Waals surface area contributed by atoms with Crippen LogP contribution in [0.15, 0.2) is 59.2 Å². The Bertz CT molecular complexity index is 1260. The monoisotopic (exact) mass is 417 g/mol. The molecule has 156 valence electrons. The zero-order chi connectivity index (χ0) is 21.4. The van der Waals surface area contributed by atoms with Gasteiger partial charge < -0.3 is 24.4 Å². The maximum atomic E-state index is 13.0. The van der Waals surface area contributed by atoms with Gasteiger partial charge in [0, 0.05) is 24.9 Å². The molecule has 0 saturated carbocycles. The van der Waals surface area contributed by atoms with E-state index in [1.807, 2.05) is 42.5 Å². The first-order chi connectivity index (χ1) is 15.1. The van der Waals surface area contributed by atoms with Crippen LogP contribution in [0.5, 0.6) is 5.75 Å². The number of carbonyl (C=O) groups is 2. The number of nitrogens with zero attached hydrogens (tertiary/aromatic N) is 3. The number of ether oxygens (including phenoxy) is 1. The molecule has 2 N–H and O–H groups in total. The van der Waals surface area contributed by atoms with E-state index in [9.17, 15) is 9.59 Å². The summed E-state index contributed by atoms with van der Waals surface area (Å²) in [5.41, 5.74) is 2.32. The third kappa shape index (κ3) is 3.61. The molecule has 1 aliphatic rings. The molecule has 1 aliphatic heterocycles. The van der Waals surface area contributed by atoms with E-state index >= 15 is 0 Å². The van der Waals surface area contributed by atoms with E-state index in [4.69, 9.17) is 9.15 Å². The molecule has 0 aliphatic carbocycles. The predicted molar refractivity (Wildman–Crippen MR) is 112 cm³/mol. The topological polar surface area (TPSA) is 113 Å². The van der Waals surface area contributed by atoms with Crippen molar-refractivity contribution in [2.45, 2.75) is 12.5 Å². The van der Waals surface area contributed by atoms with E-state index in [-0.39, 0.29) is 18.3 Å². The summed E-state index contributed by atoms with van der Waals surface area (Å²) in [4.78, 5) is 30.0. The van der Waals surface area contributed by atoms with Gasteiger partial charge in [-0.2, -0.15) is 0 Å². The Balaban J connectivity index is 1.31.